The van der Waals surface area contributed by atoms with Crippen LogP contribution in [-0.4, -0.2) is 24.1 Å². The molecule has 3 aliphatic rings. The molecule has 12 aromatic carbocycles. The maximum atomic E-state index is 5.49. The van der Waals surface area contributed by atoms with Crippen molar-refractivity contribution in [3.8, 4) is 84.1 Å². The molecule has 3 aromatic heterocycles. The first kappa shape index (κ1) is 47.8. The fraction of sp³-hybridized carbons (Fsp3) is 0.0625. The first-order valence-electron chi connectivity index (χ1n) is 29.5. The van der Waals surface area contributed by atoms with Gasteiger partial charge in [-0.25, -0.2) is 15.0 Å². The number of para-hydroxylation sites is 1. The number of aromatic nitrogens is 5. The second kappa shape index (κ2) is 17.9. The van der Waals surface area contributed by atoms with Crippen molar-refractivity contribution in [1.82, 2.24) is 24.1 Å². The predicted octanol–water partition coefficient (Wildman–Crippen LogP) is 19.4. The van der Waals surface area contributed by atoms with E-state index in [0.29, 0.717) is 24.0 Å². The van der Waals surface area contributed by atoms with Gasteiger partial charge in [-0.05, 0) is 138 Å². The van der Waals surface area contributed by atoms with Crippen LogP contribution in [-0.2, 0) is 17.4 Å². The largest absolute Gasteiger partial charge is 0.332 e. The fourth-order valence-electron chi connectivity index (χ4n) is 15.3. The average Bonchev–Trinajstić information content (AvgIpc) is 2.92. The van der Waals surface area contributed by atoms with E-state index >= 15 is 0 Å². The van der Waals surface area contributed by atoms with E-state index in [9.17, 15) is 0 Å². The van der Waals surface area contributed by atoms with Crippen molar-refractivity contribution in [2.75, 3.05) is 0 Å². The molecule has 0 saturated carbocycles. The van der Waals surface area contributed by atoms with E-state index in [1.54, 1.807) is 0 Å². The van der Waals surface area contributed by atoms with E-state index < -0.39 is 5.41 Å². The standard InChI is InChI=1S/C80H53N5/c1-79(2)66-33-16-12-32-59(66)62-46-65-64-45-53(38-42-72(64)85(73(65)47-70(62)79)55-27-10-5-11-28-55)52-37-41-71-63(44-52)61-40-39-60-58-31-15-19-36-69(58)80(67-34-17-13-29-56(67)57-30-14-18-35-68(57)80)75(60)76(61)84(71)48-74-81-77(50-23-8-4-9-24-50)83-78(82-74)54-26-20-25-51(43-54)49-21-6-3-7-22-49/h3-47H,48H2,1-2H3. The lowest BCUT2D eigenvalue weighted by Crippen LogP contribution is -2.26. The Kier molecular flexibility index (Phi) is 10.1. The topological polar surface area (TPSA) is 48.5 Å². The molecule has 18 rings (SSSR count). The number of rotatable bonds is 7. The Balaban J connectivity index is 0.892. The van der Waals surface area contributed by atoms with E-state index in [1.165, 1.54) is 110 Å². The molecule has 398 valence electrons. The molecule has 0 radical (unpaired) electrons. The minimum atomic E-state index is -0.598. The van der Waals surface area contributed by atoms with Gasteiger partial charge in [0.05, 0.1) is 28.5 Å². The lowest BCUT2D eigenvalue weighted by molar-refractivity contribution is 0.661. The number of fused-ring (bicyclic) bond motifs is 20. The highest BCUT2D eigenvalue weighted by atomic mass is 15.1. The van der Waals surface area contributed by atoms with E-state index in [2.05, 4.69) is 290 Å². The van der Waals surface area contributed by atoms with Crippen molar-refractivity contribution in [1.29, 1.82) is 0 Å². The van der Waals surface area contributed by atoms with Crippen molar-refractivity contribution in [3.63, 3.8) is 0 Å². The third-order valence-electron chi connectivity index (χ3n) is 19.0. The first-order valence-corrected chi connectivity index (χ1v) is 29.5. The van der Waals surface area contributed by atoms with E-state index in [4.69, 9.17) is 15.0 Å². The van der Waals surface area contributed by atoms with Crippen LogP contribution in [0.15, 0.2) is 273 Å². The predicted molar refractivity (Wildman–Crippen MR) is 348 cm³/mol. The zero-order valence-corrected chi connectivity index (χ0v) is 46.9. The quantitative estimate of drug-likeness (QED) is 0.160. The summed E-state index contributed by atoms with van der Waals surface area (Å²) < 4.78 is 5.00. The summed E-state index contributed by atoms with van der Waals surface area (Å²) in [6.07, 6.45) is 0. The number of nitrogens with zero attached hydrogens (tertiary/aromatic N) is 5. The normalized spacial score (nSPS) is 13.8. The minimum Gasteiger partial charge on any atom is -0.332 e. The summed E-state index contributed by atoms with van der Waals surface area (Å²) >= 11 is 0. The van der Waals surface area contributed by atoms with E-state index in [1.807, 2.05) is 6.07 Å². The highest BCUT2D eigenvalue weighted by Gasteiger charge is 2.53. The second-order valence-electron chi connectivity index (χ2n) is 23.8. The van der Waals surface area contributed by atoms with Gasteiger partial charge >= 0.3 is 0 Å². The molecule has 3 heterocycles. The Morgan fingerprint density at radius 3 is 1.47 bits per heavy atom. The maximum absolute atomic E-state index is 5.49. The van der Waals surface area contributed by atoms with Crippen molar-refractivity contribution >= 4 is 43.6 Å². The van der Waals surface area contributed by atoms with Gasteiger partial charge in [-0.15, -0.1) is 0 Å². The van der Waals surface area contributed by atoms with Gasteiger partial charge in [-0.3, -0.25) is 0 Å². The molecular formula is C80H53N5. The zero-order chi connectivity index (χ0) is 56.1. The van der Waals surface area contributed by atoms with Crippen molar-refractivity contribution in [2.24, 2.45) is 0 Å². The molecule has 0 saturated heterocycles. The van der Waals surface area contributed by atoms with Gasteiger partial charge in [0.25, 0.3) is 0 Å². The Bertz CT molecular complexity index is 5240. The zero-order valence-electron chi connectivity index (χ0n) is 46.9. The van der Waals surface area contributed by atoms with Crippen LogP contribution in [0.4, 0.5) is 0 Å². The van der Waals surface area contributed by atoms with Gasteiger partial charge in [0.15, 0.2) is 17.5 Å². The molecule has 0 aliphatic heterocycles. The van der Waals surface area contributed by atoms with Crippen LogP contribution in [0.5, 0.6) is 0 Å². The van der Waals surface area contributed by atoms with Crippen molar-refractivity contribution in [2.45, 2.75) is 31.2 Å². The minimum absolute atomic E-state index is 0.130. The summed E-state index contributed by atoms with van der Waals surface area (Å²) in [4.78, 5) is 16.2. The number of benzene rings is 12. The third-order valence-corrected chi connectivity index (χ3v) is 19.0. The summed E-state index contributed by atoms with van der Waals surface area (Å²) in [5, 5.41) is 4.85. The van der Waals surface area contributed by atoms with Gasteiger partial charge in [0, 0.05) is 54.9 Å². The third kappa shape index (κ3) is 6.78. The summed E-state index contributed by atoms with van der Waals surface area (Å²) in [7, 11) is 0. The summed E-state index contributed by atoms with van der Waals surface area (Å²) in [5.41, 5.74) is 27.2. The molecular weight excluding hydrogens is 1030 g/mol. The smallest absolute Gasteiger partial charge is 0.163 e. The van der Waals surface area contributed by atoms with Crippen LogP contribution in [0.3, 0.4) is 0 Å². The summed E-state index contributed by atoms with van der Waals surface area (Å²) in [6.45, 7) is 5.14. The molecule has 1 spiro atoms. The molecule has 0 bridgehead atoms. The maximum Gasteiger partial charge on any atom is 0.163 e. The second-order valence-corrected chi connectivity index (χ2v) is 23.8. The van der Waals surface area contributed by atoms with Gasteiger partial charge in [0.2, 0.25) is 0 Å². The average molecular weight is 1080 g/mol. The van der Waals surface area contributed by atoms with E-state index in [-0.39, 0.29) is 5.41 Å². The molecule has 15 aromatic rings. The van der Waals surface area contributed by atoms with Crippen LogP contribution in [0, 0.1) is 0 Å². The van der Waals surface area contributed by atoms with Crippen molar-refractivity contribution in [3.05, 3.63) is 312 Å². The monoisotopic (exact) mass is 1080 g/mol. The Morgan fingerprint density at radius 2 is 0.812 bits per heavy atom. The molecule has 5 nitrogen and oxygen atoms in total. The Labute approximate surface area is 492 Å². The molecule has 0 amide bonds. The fourth-order valence-corrected chi connectivity index (χ4v) is 15.3. The number of hydrogen-bond donors (Lipinski definition) is 0. The van der Waals surface area contributed by atoms with Gasteiger partial charge in [-0.1, -0.05) is 232 Å². The summed E-state index contributed by atoms with van der Waals surface area (Å²) in [6, 6.07) is 101. The number of hydrogen-bond acceptors (Lipinski definition) is 3. The Hall–Kier alpha value is -10.8. The molecule has 0 N–H and O–H groups in total. The van der Waals surface area contributed by atoms with Crippen molar-refractivity contribution < 1.29 is 0 Å². The molecule has 3 aliphatic carbocycles. The molecule has 0 unspecified atom stereocenters. The van der Waals surface area contributed by atoms with Crippen LogP contribution in [0.2, 0.25) is 0 Å². The molecule has 5 heteroatoms. The Morgan fingerprint density at radius 1 is 0.318 bits per heavy atom. The lowest BCUT2D eigenvalue weighted by atomic mass is 9.70. The van der Waals surface area contributed by atoms with Gasteiger partial charge in [0.1, 0.15) is 0 Å². The van der Waals surface area contributed by atoms with Crippen LogP contribution < -0.4 is 0 Å². The SMILES string of the molecule is CC1(C)c2ccccc2-c2cc3c4cc(-c5ccc6c(c5)c5ccc7c(c5n6Cc5nc(-c6ccccc6)nc(-c6cccc(-c8ccccc8)c6)n5)C5(c6ccccc6-c6ccccc65)c5ccccc5-7)ccc4n(-c4ccccc4)c3cc21. The molecule has 0 fully saturated rings. The first-order chi connectivity index (χ1) is 41.9. The van der Waals surface area contributed by atoms with E-state index in [0.717, 1.165) is 39.0 Å². The van der Waals surface area contributed by atoms with Gasteiger partial charge in [-0.2, -0.15) is 0 Å². The lowest BCUT2D eigenvalue weighted by Gasteiger charge is -2.31. The van der Waals surface area contributed by atoms with Crippen LogP contribution in [0.1, 0.15) is 53.1 Å². The van der Waals surface area contributed by atoms with Crippen LogP contribution in [0.25, 0.3) is 128 Å². The van der Waals surface area contributed by atoms with Gasteiger partial charge < -0.3 is 9.13 Å². The summed E-state index contributed by atoms with van der Waals surface area (Å²) in [5.74, 6) is 1.96. The highest BCUT2D eigenvalue weighted by molar-refractivity contribution is 6.16. The molecule has 85 heavy (non-hydrogen) atoms. The van der Waals surface area contributed by atoms with Crippen LogP contribution >= 0.6 is 0 Å². The molecule has 0 atom stereocenters. The highest BCUT2D eigenvalue weighted by Crippen LogP contribution is 2.64.